The summed E-state index contributed by atoms with van der Waals surface area (Å²) in [5, 5.41) is 0.677. The molecule has 2 heterocycles. The number of hydrogen-bond acceptors (Lipinski definition) is 5. The van der Waals surface area contributed by atoms with E-state index in [1.54, 1.807) is 11.3 Å². The maximum atomic E-state index is 5.80. The van der Waals surface area contributed by atoms with E-state index < -0.39 is 0 Å². The number of aromatic nitrogens is 1. The molecular formula is C19H29ClN4S. The number of halogens is 1. The van der Waals surface area contributed by atoms with Gasteiger partial charge in [0, 0.05) is 36.8 Å². The van der Waals surface area contributed by atoms with Crippen LogP contribution in [0.1, 0.15) is 36.6 Å². The summed E-state index contributed by atoms with van der Waals surface area (Å²) in [6, 6.07) is 11.4. The Balaban J connectivity index is 0.00000225. The molecule has 0 bridgehead atoms. The summed E-state index contributed by atoms with van der Waals surface area (Å²) in [7, 11) is 0. The van der Waals surface area contributed by atoms with Crippen molar-refractivity contribution >= 4 is 28.9 Å². The summed E-state index contributed by atoms with van der Waals surface area (Å²) in [5.41, 5.74) is 7.21. The molecule has 2 aromatic rings. The number of nitrogens with two attached hydrogens (primary N) is 1. The first kappa shape index (κ1) is 20.2. The fourth-order valence-corrected chi connectivity index (χ4v) is 4.30. The number of rotatable bonds is 7. The fraction of sp³-hybridized carbons (Fsp3) is 0.526. The molecule has 0 spiro atoms. The number of piperidine rings is 1. The monoisotopic (exact) mass is 380 g/mol. The molecule has 25 heavy (non-hydrogen) atoms. The highest BCUT2D eigenvalue weighted by Gasteiger charge is 2.25. The lowest BCUT2D eigenvalue weighted by molar-refractivity contribution is 0.0883. The predicted octanol–water partition coefficient (Wildman–Crippen LogP) is 4.02. The van der Waals surface area contributed by atoms with Crippen molar-refractivity contribution < 1.29 is 0 Å². The Morgan fingerprint density at radius 3 is 2.80 bits per heavy atom. The Bertz CT molecular complexity index is 619. The van der Waals surface area contributed by atoms with Crippen LogP contribution >= 0.6 is 23.7 Å². The summed E-state index contributed by atoms with van der Waals surface area (Å²) >= 11 is 1.62. The van der Waals surface area contributed by atoms with Gasteiger partial charge in [0.05, 0.1) is 0 Å². The number of benzene rings is 1. The molecule has 1 unspecified atom stereocenters. The molecule has 2 N–H and O–H groups in total. The van der Waals surface area contributed by atoms with E-state index >= 15 is 0 Å². The molecule has 0 amide bonds. The quantitative estimate of drug-likeness (QED) is 0.787. The Morgan fingerprint density at radius 2 is 2.12 bits per heavy atom. The highest BCUT2D eigenvalue weighted by Crippen LogP contribution is 2.23. The average molecular weight is 381 g/mol. The highest BCUT2D eigenvalue weighted by molar-refractivity contribution is 7.15. The predicted molar refractivity (Wildman–Crippen MR) is 109 cm³/mol. The first-order valence-electron chi connectivity index (χ1n) is 8.95. The number of anilines is 1. The Labute approximate surface area is 161 Å². The Hall–Kier alpha value is -1.14. The van der Waals surface area contributed by atoms with Crippen molar-refractivity contribution in [2.45, 2.75) is 45.3 Å². The van der Waals surface area contributed by atoms with Crippen molar-refractivity contribution in [1.82, 2.24) is 14.8 Å². The number of nitrogen functional groups attached to an aromatic ring is 1. The van der Waals surface area contributed by atoms with Crippen LogP contribution < -0.4 is 5.73 Å². The topological polar surface area (TPSA) is 45.4 Å². The molecule has 1 aromatic carbocycles. The number of thiazole rings is 1. The molecule has 1 saturated heterocycles. The van der Waals surface area contributed by atoms with Gasteiger partial charge in [0.25, 0.3) is 0 Å². The van der Waals surface area contributed by atoms with E-state index in [0.29, 0.717) is 11.2 Å². The van der Waals surface area contributed by atoms with Crippen LogP contribution in [0.15, 0.2) is 36.5 Å². The van der Waals surface area contributed by atoms with Gasteiger partial charge in [-0.2, -0.15) is 0 Å². The molecule has 0 radical (unpaired) electrons. The van der Waals surface area contributed by atoms with Crippen LogP contribution in [0.25, 0.3) is 0 Å². The van der Waals surface area contributed by atoms with Gasteiger partial charge in [-0.1, -0.05) is 37.3 Å². The summed E-state index contributed by atoms with van der Waals surface area (Å²) in [6.07, 6.45) is 5.69. The van der Waals surface area contributed by atoms with Gasteiger partial charge in [-0.15, -0.1) is 23.7 Å². The minimum atomic E-state index is 0. The van der Waals surface area contributed by atoms with Gasteiger partial charge >= 0.3 is 0 Å². The van der Waals surface area contributed by atoms with Crippen molar-refractivity contribution in [2.75, 3.05) is 25.4 Å². The standard InChI is InChI=1S/C19H28N4S.ClH/c1-2-10-23(15-18-12-21-19(20)24-18)17-9-6-11-22(14-17)13-16-7-4-3-5-8-16;/h3-5,7-8,12,17H,2,6,9-11,13-15H2,1H3,(H2,20,21);1H. The van der Waals surface area contributed by atoms with Crippen molar-refractivity contribution in [1.29, 1.82) is 0 Å². The van der Waals surface area contributed by atoms with E-state index in [0.717, 1.165) is 26.2 Å². The Morgan fingerprint density at radius 1 is 1.32 bits per heavy atom. The van der Waals surface area contributed by atoms with Gasteiger partial charge in [-0.05, 0) is 37.9 Å². The zero-order valence-corrected chi connectivity index (χ0v) is 16.6. The summed E-state index contributed by atoms with van der Waals surface area (Å²) in [4.78, 5) is 10.7. The first-order valence-corrected chi connectivity index (χ1v) is 9.76. The lowest BCUT2D eigenvalue weighted by Crippen LogP contribution is -2.47. The second kappa shape index (κ2) is 10.1. The van der Waals surface area contributed by atoms with Crippen LogP contribution in [0.2, 0.25) is 0 Å². The number of nitrogens with zero attached hydrogens (tertiary/aromatic N) is 3. The maximum absolute atomic E-state index is 5.80. The lowest BCUT2D eigenvalue weighted by Gasteiger charge is -2.39. The minimum absolute atomic E-state index is 0. The number of hydrogen-bond donors (Lipinski definition) is 1. The minimum Gasteiger partial charge on any atom is -0.375 e. The molecule has 4 nitrogen and oxygen atoms in total. The van der Waals surface area contributed by atoms with Gasteiger partial charge in [-0.25, -0.2) is 4.98 Å². The zero-order valence-electron chi connectivity index (χ0n) is 14.9. The SMILES string of the molecule is CCCN(Cc1cnc(N)s1)C1CCCN(Cc2ccccc2)C1.Cl. The molecule has 3 rings (SSSR count). The van der Waals surface area contributed by atoms with Crippen LogP contribution in [0.5, 0.6) is 0 Å². The summed E-state index contributed by atoms with van der Waals surface area (Å²) in [5.74, 6) is 0. The van der Waals surface area contributed by atoms with E-state index in [-0.39, 0.29) is 12.4 Å². The van der Waals surface area contributed by atoms with E-state index in [9.17, 15) is 0 Å². The molecule has 0 saturated carbocycles. The van der Waals surface area contributed by atoms with Crippen LogP contribution in [0, 0.1) is 0 Å². The molecule has 1 fully saturated rings. The third-order valence-electron chi connectivity index (χ3n) is 4.69. The van der Waals surface area contributed by atoms with Crippen molar-refractivity contribution in [2.24, 2.45) is 0 Å². The maximum Gasteiger partial charge on any atom is 0.180 e. The second-order valence-electron chi connectivity index (χ2n) is 6.65. The lowest BCUT2D eigenvalue weighted by atomic mass is 10.0. The van der Waals surface area contributed by atoms with Gasteiger partial charge in [-0.3, -0.25) is 9.80 Å². The summed E-state index contributed by atoms with van der Waals surface area (Å²) < 4.78 is 0. The third-order valence-corrected chi connectivity index (χ3v) is 5.50. The van der Waals surface area contributed by atoms with Crippen molar-refractivity contribution in [3.63, 3.8) is 0 Å². The molecule has 1 atom stereocenters. The second-order valence-corrected chi connectivity index (χ2v) is 7.80. The van der Waals surface area contributed by atoms with E-state index in [2.05, 4.69) is 52.0 Å². The number of likely N-dealkylation sites (tertiary alicyclic amines) is 1. The molecule has 1 aliphatic rings. The summed E-state index contributed by atoms with van der Waals surface area (Å²) in [6.45, 7) is 7.81. The van der Waals surface area contributed by atoms with Crippen LogP contribution in [0.4, 0.5) is 5.13 Å². The molecule has 0 aliphatic carbocycles. The third kappa shape index (κ3) is 5.96. The molecule has 6 heteroatoms. The van der Waals surface area contributed by atoms with E-state index in [4.69, 9.17) is 5.73 Å². The molecule has 1 aliphatic heterocycles. The average Bonchev–Trinajstić information content (AvgIpc) is 3.01. The van der Waals surface area contributed by atoms with Crippen molar-refractivity contribution in [3.05, 3.63) is 47.0 Å². The normalized spacial score (nSPS) is 18.2. The van der Waals surface area contributed by atoms with E-state index in [1.165, 1.54) is 36.2 Å². The fourth-order valence-electron chi connectivity index (χ4n) is 3.59. The van der Waals surface area contributed by atoms with Gasteiger partial charge in [0.1, 0.15) is 0 Å². The largest absolute Gasteiger partial charge is 0.375 e. The van der Waals surface area contributed by atoms with Gasteiger partial charge in [0.15, 0.2) is 5.13 Å². The zero-order chi connectivity index (χ0) is 16.8. The van der Waals surface area contributed by atoms with Crippen LogP contribution in [-0.2, 0) is 13.1 Å². The molecule has 138 valence electrons. The van der Waals surface area contributed by atoms with Crippen LogP contribution in [-0.4, -0.2) is 40.5 Å². The molecule has 1 aromatic heterocycles. The van der Waals surface area contributed by atoms with Crippen molar-refractivity contribution in [3.8, 4) is 0 Å². The smallest absolute Gasteiger partial charge is 0.180 e. The van der Waals surface area contributed by atoms with Gasteiger partial charge in [0.2, 0.25) is 0 Å². The molecular weight excluding hydrogens is 352 g/mol. The highest BCUT2D eigenvalue weighted by atomic mass is 35.5. The van der Waals surface area contributed by atoms with Crippen LogP contribution in [0.3, 0.4) is 0 Å². The Kier molecular flexibility index (Phi) is 8.16. The van der Waals surface area contributed by atoms with Gasteiger partial charge < -0.3 is 5.73 Å². The van der Waals surface area contributed by atoms with E-state index in [1.807, 2.05) is 6.20 Å². The first-order chi connectivity index (χ1) is 11.7.